The molecule has 0 heterocycles. The zero-order valence-electron chi connectivity index (χ0n) is 14.8. The van der Waals surface area contributed by atoms with E-state index in [4.69, 9.17) is 9.47 Å². The van der Waals surface area contributed by atoms with Crippen LogP contribution in [0, 0.1) is 5.92 Å². The highest BCUT2D eigenvalue weighted by molar-refractivity contribution is 5.84. The number of methoxy groups -OCH3 is 2. The van der Waals surface area contributed by atoms with Crippen molar-refractivity contribution >= 4 is 11.9 Å². The molecule has 0 amide bonds. The molecule has 1 aliphatic carbocycles. The van der Waals surface area contributed by atoms with Crippen LogP contribution < -0.4 is 9.47 Å². The molecular weight excluding hydrogens is 312 g/mol. The smallest absolute Gasteiger partial charge is 0.136 e. The molecular formula is C22H24O3. The van der Waals surface area contributed by atoms with Crippen LogP contribution in [0.1, 0.15) is 36.3 Å². The number of ether oxygens (including phenoxy) is 2. The molecule has 130 valence electrons. The number of allylic oxidation sites excluding steroid dienone is 1. The van der Waals surface area contributed by atoms with Crippen molar-refractivity contribution in [2.75, 3.05) is 14.2 Å². The highest BCUT2D eigenvalue weighted by Gasteiger charge is 2.31. The van der Waals surface area contributed by atoms with Crippen molar-refractivity contribution in [2.24, 2.45) is 5.92 Å². The third-order valence-corrected chi connectivity index (χ3v) is 4.90. The number of rotatable bonds is 6. The third-order valence-electron chi connectivity index (χ3n) is 4.90. The first kappa shape index (κ1) is 17.3. The second kappa shape index (κ2) is 8.02. The molecule has 0 N–H and O–H groups in total. The number of Topliss-reactive ketones (excluding diaryl/α,β-unsaturated/α-hetero) is 1. The van der Waals surface area contributed by atoms with Crippen LogP contribution in [0.25, 0.3) is 6.08 Å². The Balaban J connectivity index is 1.86. The van der Waals surface area contributed by atoms with Crippen molar-refractivity contribution in [2.45, 2.75) is 25.2 Å². The molecule has 2 aromatic carbocycles. The lowest BCUT2D eigenvalue weighted by atomic mass is 9.83. The molecule has 0 saturated heterocycles. The highest BCUT2D eigenvalue weighted by Crippen LogP contribution is 2.37. The number of carbonyl (C=O) groups is 1. The van der Waals surface area contributed by atoms with Crippen molar-refractivity contribution in [3.63, 3.8) is 0 Å². The number of benzene rings is 2. The Morgan fingerprint density at radius 1 is 0.960 bits per heavy atom. The van der Waals surface area contributed by atoms with Gasteiger partial charge in [0, 0.05) is 18.3 Å². The molecule has 3 nitrogen and oxygen atoms in total. The summed E-state index contributed by atoms with van der Waals surface area (Å²) in [7, 11) is 3.33. The van der Waals surface area contributed by atoms with E-state index >= 15 is 0 Å². The van der Waals surface area contributed by atoms with E-state index in [0.717, 1.165) is 35.5 Å². The molecule has 2 unspecified atom stereocenters. The SMILES string of the molecule is COc1ccc(/C=C/C(c2ccc(OC)cc2)C2CCCC2=O)cc1. The van der Waals surface area contributed by atoms with Crippen molar-refractivity contribution < 1.29 is 14.3 Å². The Bertz CT molecular complexity index is 729. The first-order chi connectivity index (χ1) is 12.2. The fourth-order valence-electron chi connectivity index (χ4n) is 3.46. The predicted octanol–water partition coefficient (Wildman–Crippen LogP) is 4.87. The lowest BCUT2D eigenvalue weighted by molar-refractivity contribution is -0.120. The molecule has 1 aliphatic rings. The molecule has 3 heteroatoms. The van der Waals surface area contributed by atoms with Crippen LogP contribution in [0.5, 0.6) is 11.5 Å². The zero-order valence-corrected chi connectivity index (χ0v) is 14.8. The average molecular weight is 336 g/mol. The van der Waals surface area contributed by atoms with Crippen LogP contribution >= 0.6 is 0 Å². The van der Waals surface area contributed by atoms with Gasteiger partial charge in [0.2, 0.25) is 0 Å². The van der Waals surface area contributed by atoms with Gasteiger partial charge < -0.3 is 9.47 Å². The normalized spacial score (nSPS) is 18.5. The second-order valence-electron chi connectivity index (χ2n) is 6.40. The van der Waals surface area contributed by atoms with Gasteiger partial charge >= 0.3 is 0 Å². The van der Waals surface area contributed by atoms with E-state index in [9.17, 15) is 4.79 Å². The van der Waals surface area contributed by atoms with Gasteiger partial charge in [0.25, 0.3) is 0 Å². The summed E-state index contributed by atoms with van der Waals surface area (Å²) in [5.41, 5.74) is 2.26. The summed E-state index contributed by atoms with van der Waals surface area (Å²) in [4.78, 5) is 12.3. The number of hydrogen-bond donors (Lipinski definition) is 0. The quantitative estimate of drug-likeness (QED) is 0.755. The molecule has 0 bridgehead atoms. The maximum Gasteiger partial charge on any atom is 0.136 e. The summed E-state index contributed by atoms with van der Waals surface area (Å²) in [6, 6.07) is 16.0. The van der Waals surface area contributed by atoms with Gasteiger partial charge in [-0.2, -0.15) is 0 Å². The Morgan fingerprint density at radius 3 is 2.08 bits per heavy atom. The monoisotopic (exact) mass is 336 g/mol. The lowest BCUT2D eigenvalue weighted by Crippen LogP contribution is -2.15. The summed E-state index contributed by atoms with van der Waals surface area (Å²) in [6.07, 6.45) is 6.92. The van der Waals surface area contributed by atoms with Crippen LogP contribution in [0.15, 0.2) is 54.6 Å². The fraction of sp³-hybridized carbons (Fsp3) is 0.318. The van der Waals surface area contributed by atoms with Gasteiger partial charge in [0.1, 0.15) is 17.3 Å². The van der Waals surface area contributed by atoms with Crippen molar-refractivity contribution in [1.29, 1.82) is 0 Å². The molecule has 0 spiro atoms. The van der Waals surface area contributed by atoms with Gasteiger partial charge in [-0.25, -0.2) is 0 Å². The van der Waals surface area contributed by atoms with Gasteiger partial charge in [-0.1, -0.05) is 36.4 Å². The van der Waals surface area contributed by atoms with E-state index in [0.29, 0.717) is 12.2 Å². The first-order valence-corrected chi connectivity index (χ1v) is 8.70. The van der Waals surface area contributed by atoms with Crippen molar-refractivity contribution in [3.05, 3.63) is 65.7 Å². The molecule has 0 radical (unpaired) electrons. The Labute approximate surface area is 149 Å². The minimum absolute atomic E-state index is 0.0721. The van der Waals surface area contributed by atoms with Crippen molar-refractivity contribution in [3.8, 4) is 11.5 Å². The maximum atomic E-state index is 12.3. The summed E-state index contributed by atoms with van der Waals surface area (Å²) in [5.74, 6) is 2.22. The summed E-state index contributed by atoms with van der Waals surface area (Å²) in [5, 5.41) is 0. The molecule has 25 heavy (non-hydrogen) atoms. The summed E-state index contributed by atoms with van der Waals surface area (Å²) >= 11 is 0. The molecule has 0 aromatic heterocycles. The summed E-state index contributed by atoms with van der Waals surface area (Å²) in [6.45, 7) is 0. The largest absolute Gasteiger partial charge is 0.497 e. The minimum Gasteiger partial charge on any atom is -0.497 e. The lowest BCUT2D eigenvalue weighted by Gasteiger charge is -2.20. The number of carbonyl (C=O) groups excluding carboxylic acids is 1. The molecule has 0 aliphatic heterocycles. The third kappa shape index (κ3) is 4.11. The van der Waals surface area contributed by atoms with Crippen LogP contribution in [-0.2, 0) is 4.79 Å². The van der Waals surface area contributed by atoms with E-state index in [1.54, 1.807) is 14.2 Å². The number of ketones is 1. The summed E-state index contributed by atoms with van der Waals surface area (Å²) < 4.78 is 10.5. The number of hydrogen-bond acceptors (Lipinski definition) is 3. The van der Waals surface area contributed by atoms with Gasteiger partial charge in [-0.15, -0.1) is 0 Å². The molecule has 2 aromatic rings. The van der Waals surface area contributed by atoms with Crippen LogP contribution in [-0.4, -0.2) is 20.0 Å². The van der Waals surface area contributed by atoms with Gasteiger partial charge in [0.15, 0.2) is 0 Å². The Hall–Kier alpha value is -2.55. The second-order valence-corrected chi connectivity index (χ2v) is 6.40. The molecule has 2 atom stereocenters. The molecule has 1 saturated carbocycles. The minimum atomic E-state index is 0.0721. The first-order valence-electron chi connectivity index (χ1n) is 8.70. The van der Waals surface area contributed by atoms with Crippen LogP contribution in [0.3, 0.4) is 0 Å². The molecule has 1 fully saturated rings. The highest BCUT2D eigenvalue weighted by atomic mass is 16.5. The zero-order chi connectivity index (χ0) is 17.6. The van der Waals surface area contributed by atoms with Crippen LogP contribution in [0.4, 0.5) is 0 Å². The van der Waals surface area contributed by atoms with E-state index in [2.05, 4.69) is 24.3 Å². The van der Waals surface area contributed by atoms with E-state index in [1.807, 2.05) is 36.4 Å². The maximum absolute atomic E-state index is 12.3. The van der Waals surface area contributed by atoms with Gasteiger partial charge in [-0.05, 0) is 48.2 Å². The van der Waals surface area contributed by atoms with E-state index < -0.39 is 0 Å². The fourth-order valence-corrected chi connectivity index (χ4v) is 3.46. The van der Waals surface area contributed by atoms with Crippen LogP contribution in [0.2, 0.25) is 0 Å². The van der Waals surface area contributed by atoms with E-state index in [-0.39, 0.29) is 11.8 Å². The molecule has 3 rings (SSSR count). The van der Waals surface area contributed by atoms with Crippen molar-refractivity contribution in [1.82, 2.24) is 0 Å². The van der Waals surface area contributed by atoms with E-state index in [1.165, 1.54) is 0 Å². The van der Waals surface area contributed by atoms with Gasteiger partial charge in [0.05, 0.1) is 14.2 Å². The van der Waals surface area contributed by atoms with Gasteiger partial charge in [-0.3, -0.25) is 4.79 Å². The topological polar surface area (TPSA) is 35.5 Å². The average Bonchev–Trinajstić information content (AvgIpc) is 3.09. The predicted molar refractivity (Wildman–Crippen MR) is 100 cm³/mol. The standard InChI is InChI=1S/C22H24O3/c1-24-18-11-6-16(7-12-18)8-15-20(21-4-3-5-22(21)23)17-9-13-19(25-2)14-10-17/h6-15,20-21H,3-5H2,1-2H3/b15-8+. The Kier molecular flexibility index (Phi) is 5.54. The Morgan fingerprint density at radius 2 is 1.56 bits per heavy atom.